The fourth-order valence-corrected chi connectivity index (χ4v) is 2.66. The van der Waals surface area contributed by atoms with Gasteiger partial charge in [0.2, 0.25) is 0 Å². The van der Waals surface area contributed by atoms with E-state index in [1.807, 2.05) is 12.3 Å². The van der Waals surface area contributed by atoms with Crippen LogP contribution in [0.5, 0.6) is 0 Å². The normalized spacial score (nSPS) is 12.3. The number of nitrogens with one attached hydrogen (secondary N) is 1. The molecule has 0 aliphatic carbocycles. The van der Waals surface area contributed by atoms with Crippen LogP contribution >= 0.6 is 0 Å². The van der Waals surface area contributed by atoms with Crippen molar-refractivity contribution >= 4 is 0 Å². The van der Waals surface area contributed by atoms with Crippen molar-refractivity contribution in [2.24, 2.45) is 0 Å². The van der Waals surface area contributed by atoms with Gasteiger partial charge in [0, 0.05) is 11.9 Å². The molecule has 2 heteroatoms. The highest BCUT2D eigenvalue weighted by molar-refractivity contribution is 5.35. The quantitative estimate of drug-likeness (QED) is 0.812. The Kier molecular flexibility index (Phi) is 5.94. The Morgan fingerprint density at radius 1 is 1.05 bits per heavy atom. The molecule has 21 heavy (non-hydrogen) atoms. The molecule has 0 fully saturated rings. The SMILES string of the molecule is CCCNC(c1ccc(CCC)cc1)c1cccnc1C. The molecule has 112 valence electrons. The molecular weight excluding hydrogens is 256 g/mol. The first-order chi connectivity index (χ1) is 10.3. The first-order valence-corrected chi connectivity index (χ1v) is 8.00. The number of nitrogens with zero attached hydrogens (tertiary/aromatic N) is 1. The van der Waals surface area contributed by atoms with E-state index < -0.39 is 0 Å². The van der Waals surface area contributed by atoms with Gasteiger partial charge in [-0.2, -0.15) is 0 Å². The molecule has 2 aromatic rings. The molecule has 0 saturated heterocycles. The minimum atomic E-state index is 0.231. The van der Waals surface area contributed by atoms with E-state index in [4.69, 9.17) is 0 Å². The summed E-state index contributed by atoms with van der Waals surface area (Å²) in [6.45, 7) is 7.51. The van der Waals surface area contributed by atoms with Crippen molar-refractivity contribution in [3.05, 3.63) is 65.0 Å². The van der Waals surface area contributed by atoms with E-state index in [-0.39, 0.29) is 6.04 Å². The van der Waals surface area contributed by atoms with E-state index in [9.17, 15) is 0 Å². The van der Waals surface area contributed by atoms with Crippen LogP contribution in [0.2, 0.25) is 0 Å². The maximum atomic E-state index is 4.44. The number of hydrogen-bond donors (Lipinski definition) is 1. The minimum Gasteiger partial charge on any atom is -0.306 e. The molecule has 1 unspecified atom stereocenters. The van der Waals surface area contributed by atoms with Crippen LogP contribution in [0, 0.1) is 6.92 Å². The summed E-state index contributed by atoms with van der Waals surface area (Å²) in [5.41, 5.74) is 5.11. The fraction of sp³-hybridized carbons (Fsp3) is 0.421. The zero-order valence-electron chi connectivity index (χ0n) is 13.4. The lowest BCUT2D eigenvalue weighted by Gasteiger charge is -2.21. The number of aryl methyl sites for hydroxylation is 2. The van der Waals surface area contributed by atoms with Crippen LogP contribution in [-0.4, -0.2) is 11.5 Å². The van der Waals surface area contributed by atoms with E-state index >= 15 is 0 Å². The highest BCUT2D eigenvalue weighted by Gasteiger charge is 2.15. The lowest BCUT2D eigenvalue weighted by molar-refractivity contribution is 0.594. The Balaban J connectivity index is 2.29. The molecule has 0 spiro atoms. The molecular formula is C19H26N2. The van der Waals surface area contributed by atoms with Gasteiger partial charge in [-0.3, -0.25) is 4.98 Å². The maximum Gasteiger partial charge on any atom is 0.0594 e. The summed E-state index contributed by atoms with van der Waals surface area (Å²) in [5, 5.41) is 3.65. The van der Waals surface area contributed by atoms with Crippen molar-refractivity contribution < 1.29 is 0 Å². The fourth-order valence-electron chi connectivity index (χ4n) is 2.66. The average molecular weight is 282 g/mol. The topological polar surface area (TPSA) is 24.9 Å². The van der Waals surface area contributed by atoms with Crippen molar-refractivity contribution in [3.8, 4) is 0 Å². The third kappa shape index (κ3) is 4.15. The smallest absolute Gasteiger partial charge is 0.0594 e. The number of hydrogen-bond acceptors (Lipinski definition) is 2. The highest BCUT2D eigenvalue weighted by Crippen LogP contribution is 2.24. The van der Waals surface area contributed by atoms with Gasteiger partial charge in [0.15, 0.2) is 0 Å². The second kappa shape index (κ2) is 7.94. The molecule has 1 aromatic heterocycles. The Bertz CT molecular complexity index is 546. The number of benzene rings is 1. The van der Waals surface area contributed by atoms with Crippen molar-refractivity contribution in [1.82, 2.24) is 10.3 Å². The Labute approximate surface area is 128 Å². The molecule has 1 aromatic carbocycles. The van der Waals surface area contributed by atoms with Gasteiger partial charge >= 0.3 is 0 Å². The first-order valence-electron chi connectivity index (χ1n) is 8.00. The van der Waals surface area contributed by atoms with Crippen molar-refractivity contribution in [2.45, 2.75) is 46.1 Å². The van der Waals surface area contributed by atoms with Crippen LogP contribution in [0.15, 0.2) is 42.6 Å². The summed E-state index contributed by atoms with van der Waals surface area (Å²) < 4.78 is 0. The van der Waals surface area contributed by atoms with Gasteiger partial charge in [-0.05, 0) is 49.1 Å². The second-order valence-electron chi connectivity index (χ2n) is 5.56. The van der Waals surface area contributed by atoms with Crippen LogP contribution in [0.3, 0.4) is 0 Å². The van der Waals surface area contributed by atoms with Gasteiger partial charge in [-0.15, -0.1) is 0 Å². The zero-order chi connectivity index (χ0) is 15.1. The van der Waals surface area contributed by atoms with Crippen molar-refractivity contribution in [3.63, 3.8) is 0 Å². The summed E-state index contributed by atoms with van der Waals surface area (Å²) in [6.07, 6.45) is 5.33. The van der Waals surface area contributed by atoms with E-state index in [1.54, 1.807) is 0 Å². The van der Waals surface area contributed by atoms with Gasteiger partial charge in [0.25, 0.3) is 0 Å². The minimum absolute atomic E-state index is 0.231. The Morgan fingerprint density at radius 3 is 2.43 bits per heavy atom. The number of aromatic nitrogens is 1. The van der Waals surface area contributed by atoms with Gasteiger partial charge in [-0.25, -0.2) is 0 Å². The molecule has 0 aliphatic rings. The molecule has 0 amide bonds. The predicted molar refractivity (Wildman–Crippen MR) is 89.5 cm³/mol. The van der Waals surface area contributed by atoms with Crippen molar-refractivity contribution in [2.75, 3.05) is 6.54 Å². The second-order valence-corrected chi connectivity index (χ2v) is 5.56. The van der Waals surface area contributed by atoms with Gasteiger partial charge < -0.3 is 5.32 Å². The molecule has 1 N–H and O–H groups in total. The standard InChI is InChI=1S/C19H26N2/c1-4-7-16-9-11-17(12-10-16)19(21-13-5-2)18-8-6-14-20-15(18)3/h6,8-12,14,19,21H,4-5,7,13H2,1-3H3. The third-order valence-corrected chi connectivity index (χ3v) is 3.81. The Morgan fingerprint density at radius 2 is 1.81 bits per heavy atom. The molecule has 0 aliphatic heterocycles. The van der Waals surface area contributed by atoms with E-state index in [2.05, 4.69) is 61.4 Å². The van der Waals surface area contributed by atoms with E-state index in [0.29, 0.717) is 0 Å². The molecule has 0 bridgehead atoms. The molecule has 2 nitrogen and oxygen atoms in total. The molecule has 1 heterocycles. The van der Waals surface area contributed by atoms with E-state index in [0.717, 1.165) is 25.1 Å². The van der Waals surface area contributed by atoms with Crippen LogP contribution in [0.1, 0.15) is 55.1 Å². The lowest BCUT2D eigenvalue weighted by atomic mass is 9.96. The molecule has 1 atom stereocenters. The van der Waals surface area contributed by atoms with Crippen LogP contribution < -0.4 is 5.32 Å². The van der Waals surface area contributed by atoms with Crippen LogP contribution in [0.25, 0.3) is 0 Å². The zero-order valence-corrected chi connectivity index (χ0v) is 13.4. The maximum absolute atomic E-state index is 4.44. The first kappa shape index (κ1) is 15.7. The summed E-state index contributed by atoms with van der Waals surface area (Å²) in [4.78, 5) is 4.44. The number of rotatable bonds is 7. The Hall–Kier alpha value is -1.67. The van der Waals surface area contributed by atoms with Gasteiger partial charge in [-0.1, -0.05) is 50.6 Å². The van der Waals surface area contributed by atoms with Crippen LogP contribution in [0.4, 0.5) is 0 Å². The van der Waals surface area contributed by atoms with Crippen LogP contribution in [-0.2, 0) is 6.42 Å². The van der Waals surface area contributed by atoms with E-state index in [1.165, 1.54) is 23.1 Å². The average Bonchev–Trinajstić information content (AvgIpc) is 2.51. The predicted octanol–water partition coefficient (Wildman–Crippen LogP) is 4.43. The molecule has 0 saturated carbocycles. The monoisotopic (exact) mass is 282 g/mol. The number of pyridine rings is 1. The molecule has 0 radical (unpaired) electrons. The summed E-state index contributed by atoms with van der Waals surface area (Å²) in [6, 6.07) is 13.4. The summed E-state index contributed by atoms with van der Waals surface area (Å²) >= 11 is 0. The van der Waals surface area contributed by atoms with Gasteiger partial charge in [0.05, 0.1) is 6.04 Å². The summed E-state index contributed by atoms with van der Waals surface area (Å²) in [5.74, 6) is 0. The highest BCUT2D eigenvalue weighted by atomic mass is 14.9. The molecule has 2 rings (SSSR count). The summed E-state index contributed by atoms with van der Waals surface area (Å²) in [7, 11) is 0. The third-order valence-electron chi connectivity index (χ3n) is 3.81. The van der Waals surface area contributed by atoms with Crippen molar-refractivity contribution in [1.29, 1.82) is 0 Å². The van der Waals surface area contributed by atoms with Gasteiger partial charge in [0.1, 0.15) is 0 Å². The lowest BCUT2D eigenvalue weighted by Crippen LogP contribution is -2.24. The largest absolute Gasteiger partial charge is 0.306 e.